The van der Waals surface area contributed by atoms with Gasteiger partial charge in [0.2, 0.25) is 0 Å². The molecule has 14 heavy (non-hydrogen) atoms. The lowest BCUT2D eigenvalue weighted by atomic mass is 10.3. The third-order valence-electron chi connectivity index (χ3n) is 1.63. The van der Waals surface area contributed by atoms with Gasteiger partial charge in [0, 0.05) is 13.1 Å². The van der Waals surface area contributed by atoms with Crippen LogP contribution in [0.15, 0.2) is 4.99 Å². The molecule has 0 aromatic rings. The predicted octanol–water partition coefficient (Wildman–Crippen LogP) is 1.90. The molecule has 0 radical (unpaired) electrons. The maximum Gasteiger partial charge on any atom is 0.185 e. The average molecular weight is 192 g/mol. The summed E-state index contributed by atoms with van der Waals surface area (Å²) >= 11 is 0. The van der Waals surface area contributed by atoms with Crippen LogP contribution in [-0.2, 0) is 0 Å². The van der Waals surface area contributed by atoms with Crippen LogP contribution < -0.4 is 0 Å². The van der Waals surface area contributed by atoms with E-state index in [1.807, 2.05) is 26.1 Å². The molecule has 0 spiro atoms. The smallest absolute Gasteiger partial charge is 0.185 e. The molecule has 0 aliphatic heterocycles. The number of rotatable bonds is 5. The van der Waals surface area contributed by atoms with Crippen LogP contribution in [0.1, 0.15) is 33.1 Å². The highest BCUT2D eigenvalue weighted by atomic mass is 15.2. The topological polar surface area (TPSA) is 63.2 Å². The van der Waals surface area contributed by atoms with E-state index in [1.54, 1.807) is 0 Å². The van der Waals surface area contributed by atoms with Gasteiger partial charge in [-0.15, -0.1) is 0 Å². The van der Waals surface area contributed by atoms with E-state index in [9.17, 15) is 0 Å². The minimum Gasteiger partial charge on any atom is -0.271 e. The zero-order chi connectivity index (χ0) is 10.8. The van der Waals surface area contributed by atoms with Gasteiger partial charge in [-0.1, -0.05) is 13.8 Å². The van der Waals surface area contributed by atoms with Crippen molar-refractivity contribution in [2.24, 2.45) is 4.99 Å². The Morgan fingerprint density at radius 2 is 2.00 bits per heavy atom. The van der Waals surface area contributed by atoms with E-state index in [1.165, 1.54) is 4.90 Å². The molecular weight excluding hydrogens is 176 g/mol. The second-order valence-electron chi connectivity index (χ2n) is 2.88. The first-order valence-corrected chi connectivity index (χ1v) is 4.87. The summed E-state index contributed by atoms with van der Waals surface area (Å²) in [6.07, 6.45) is 4.07. The predicted molar refractivity (Wildman–Crippen MR) is 55.4 cm³/mol. The Hall–Kier alpha value is -1.55. The summed E-state index contributed by atoms with van der Waals surface area (Å²) in [7, 11) is 0. The quantitative estimate of drug-likeness (QED) is 0.289. The minimum atomic E-state index is 0.216. The van der Waals surface area contributed by atoms with E-state index in [2.05, 4.69) is 4.99 Å². The Kier molecular flexibility index (Phi) is 7.17. The molecule has 0 saturated carbocycles. The van der Waals surface area contributed by atoms with Gasteiger partial charge in [0.05, 0.1) is 12.5 Å². The number of nitrogens with zero attached hydrogens (tertiary/aromatic N) is 4. The molecule has 0 saturated heterocycles. The first-order valence-electron chi connectivity index (χ1n) is 4.87. The summed E-state index contributed by atoms with van der Waals surface area (Å²) in [4.78, 5) is 5.72. The molecule has 0 aliphatic carbocycles. The Labute approximate surface area is 85.5 Å². The highest BCUT2D eigenvalue weighted by molar-refractivity contribution is 5.85. The summed E-state index contributed by atoms with van der Waals surface area (Å²) in [6, 6.07) is 2.03. The summed E-state index contributed by atoms with van der Waals surface area (Å²) in [5.74, 6) is 0.596. The average Bonchev–Trinajstić information content (AvgIpc) is 2.21. The van der Waals surface area contributed by atoms with Crippen molar-refractivity contribution in [1.82, 2.24) is 4.90 Å². The lowest BCUT2D eigenvalue weighted by molar-refractivity contribution is 0.555. The van der Waals surface area contributed by atoms with Crippen LogP contribution in [-0.4, -0.2) is 23.8 Å². The van der Waals surface area contributed by atoms with Gasteiger partial charge in [-0.2, -0.15) is 10.5 Å². The lowest BCUT2D eigenvalue weighted by Crippen LogP contribution is -2.27. The number of hydrogen-bond acceptors (Lipinski definition) is 3. The van der Waals surface area contributed by atoms with E-state index in [0.717, 1.165) is 12.8 Å². The van der Waals surface area contributed by atoms with E-state index < -0.39 is 0 Å². The third kappa shape index (κ3) is 4.47. The number of aliphatic imine (C=N–C) groups is 1. The van der Waals surface area contributed by atoms with Crippen LogP contribution in [0, 0.1) is 22.8 Å². The number of amidine groups is 1. The van der Waals surface area contributed by atoms with Crippen LogP contribution in [0.3, 0.4) is 0 Å². The summed E-state index contributed by atoms with van der Waals surface area (Å²) in [6.45, 7) is 5.33. The first kappa shape index (κ1) is 12.4. The molecule has 0 rings (SSSR count). The van der Waals surface area contributed by atoms with Crippen molar-refractivity contribution in [2.45, 2.75) is 33.1 Å². The van der Waals surface area contributed by atoms with E-state index in [-0.39, 0.29) is 6.42 Å². The van der Waals surface area contributed by atoms with Gasteiger partial charge in [0.15, 0.2) is 6.19 Å². The maximum atomic E-state index is 8.84. The molecular formula is C10H16N4. The monoisotopic (exact) mass is 192 g/mol. The van der Waals surface area contributed by atoms with Crippen LogP contribution in [0.5, 0.6) is 0 Å². The second-order valence-corrected chi connectivity index (χ2v) is 2.88. The molecule has 0 aromatic heterocycles. The first-order chi connectivity index (χ1) is 6.79. The molecule has 0 heterocycles. The normalized spacial score (nSPS) is 10.4. The van der Waals surface area contributed by atoms with Crippen LogP contribution >= 0.6 is 0 Å². The highest BCUT2D eigenvalue weighted by Gasteiger charge is 2.08. The molecule has 0 aromatic carbocycles. The molecule has 76 valence electrons. The van der Waals surface area contributed by atoms with Crippen LogP contribution in [0.25, 0.3) is 0 Å². The Bertz CT molecular complexity index is 256. The van der Waals surface area contributed by atoms with Crippen molar-refractivity contribution in [1.29, 1.82) is 10.5 Å². The van der Waals surface area contributed by atoms with Gasteiger partial charge in [-0.3, -0.25) is 9.89 Å². The zero-order valence-corrected chi connectivity index (χ0v) is 8.82. The van der Waals surface area contributed by atoms with Gasteiger partial charge < -0.3 is 0 Å². The molecule has 0 N–H and O–H groups in total. The summed E-state index contributed by atoms with van der Waals surface area (Å²) in [5.41, 5.74) is 0. The van der Waals surface area contributed by atoms with E-state index in [0.29, 0.717) is 18.9 Å². The van der Waals surface area contributed by atoms with Crippen LogP contribution in [0.2, 0.25) is 0 Å². The fourth-order valence-electron chi connectivity index (χ4n) is 1.01. The Balaban J connectivity index is 4.46. The van der Waals surface area contributed by atoms with Gasteiger partial charge in [-0.25, -0.2) is 0 Å². The minimum absolute atomic E-state index is 0.216. The molecule has 0 amide bonds. The standard InChI is InChI=1S/C10H16N4/c1-3-7-13-10(5-6-11)14(9-12)8-4-2/h3-5,7-8H2,1-2H3. The van der Waals surface area contributed by atoms with Crippen molar-refractivity contribution in [3.05, 3.63) is 0 Å². The van der Waals surface area contributed by atoms with Gasteiger partial charge >= 0.3 is 0 Å². The fraction of sp³-hybridized carbons (Fsp3) is 0.700. The van der Waals surface area contributed by atoms with Crippen molar-refractivity contribution in [3.8, 4) is 12.3 Å². The third-order valence-corrected chi connectivity index (χ3v) is 1.63. The van der Waals surface area contributed by atoms with Gasteiger partial charge in [0.1, 0.15) is 5.84 Å². The number of hydrogen-bond donors (Lipinski definition) is 0. The molecule has 0 aliphatic rings. The van der Waals surface area contributed by atoms with Crippen molar-refractivity contribution < 1.29 is 0 Å². The molecule has 0 unspecified atom stereocenters. The molecule has 0 fully saturated rings. The van der Waals surface area contributed by atoms with E-state index >= 15 is 0 Å². The summed E-state index contributed by atoms with van der Waals surface area (Å²) < 4.78 is 0. The van der Waals surface area contributed by atoms with Gasteiger partial charge in [-0.05, 0) is 12.8 Å². The number of nitriles is 2. The van der Waals surface area contributed by atoms with E-state index in [4.69, 9.17) is 10.5 Å². The van der Waals surface area contributed by atoms with Crippen molar-refractivity contribution in [2.75, 3.05) is 13.1 Å². The lowest BCUT2D eigenvalue weighted by Gasteiger charge is -2.14. The van der Waals surface area contributed by atoms with Crippen molar-refractivity contribution >= 4 is 5.84 Å². The van der Waals surface area contributed by atoms with Crippen LogP contribution in [0.4, 0.5) is 0 Å². The molecule has 0 atom stereocenters. The maximum absolute atomic E-state index is 8.84. The second kappa shape index (κ2) is 8.07. The Morgan fingerprint density at radius 3 is 2.43 bits per heavy atom. The van der Waals surface area contributed by atoms with Crippen molar-refractivity contribution in [3.63, 3.8) is 0 Å². The molecule has 4 heteroatoms. The van der Waals surface area contributed by atoms with Gasteiger partial charge in [0.25, 0.3) is 0 Å². The molecule has 0 bridgehead atoms. The molecule has 4 nitrogen and oxygen atoms in total. The fourth-order valence-corrected chi connectivity index (χ4v) is 1.01. The summed E-state index contributed by atoms with van der Waals surface area (Å²) in [5, 5.41) is 17.4. The zero-order valence-electron chi connectivity index (χ0n) is 8.82. The highest BCUT2D eigenvalue weighted by Crippen LogP contribution is 1.98. The SMILES string of the molecule is CCCN=C(CC#N)N(C#N)CCC. The largest absolute Gasteiger partial charge is 0.271 e. The Morgan fingerprint density at radius 1 is 1.29 bits per heavy atom.